The van der Waals surface area contributed by atoms with Crippen molar-refractivity contribution in [1.82, 2.24) is 4.98 Å². The van der Waals surface area contributed by atoms with Gasteiger partial charge >= 0.3 is 5.97 Å². The predicted molar refractivity (Wildman–Crippen MR) is 106 cm³/mol. The number of hydrogen-bond donors (Lipinski definition) is 1. The largest absolute Gasteiger partial charge is 0.465 e. The van der Waals surface area contributed by atoms with E-state index in [-0.39, 0.29) is 0 Å². The van der Waals surface area contributed by atoms with Gasteiger partial charge in [0.1, 0.15) is 0 Å². The Hall–Kier alpha value is -2.26. The zero-order chi connectivity index (χ0) is 18.1. The van der Waals surface area contributed by atoms with Gasteiger partial charge in [0.25, 0.3) is 0 Å². The fraction of sp³-hybridized carbons (Fsp3) is 0.318. The van der Waals surface area contributed by atoms with Crippen LogP contribution in [0.5, 0.6) is 0 Å². The van der Waals surface area contributed by atoms with E-state index in [4.69, 9.17) is 16.3 Å². The SMILES string of the molecule is COC(=O)c1ccc2c(C3CCCCC3)c(-c3ccccc3)[nH]c2c1Cl. The lowest BCUT2D eigenvalue weighted by atomic mass is 9.82. The van der Waals surface area contributed by atoms with Gasteiger partial charge in [-0.25, -0.2) is 4.79 Å². The van der Waals surface area contributed by atoms with Crippen LogP contribution in [0.1, 0.15) is 53.9 Å². The van der Waals surface area contributed by atoms with Crippen LogP contribution in [0.15, 0.2) is 42.5 Å². The van der Waals surface area contributed by atoms with Gasteiger partial charge in [-0.2, -0.15) is 0 Å². The number of halogens is 1. The summed E-state index contributed by atoms with van der Waals surface area (Å²) in [6, 6.07) is 14.2. The average molecular weight is 368 g/mol. The van der Waals surface area contributed by atoms with E-state index in [2.05, 4.69) is 17.1 Å². The summed E-state index contributed by atoms with van der Waals surface area (Å²) in [5, 5.41) is 1.56. The normalized spacial score (nSPS) is 15.3. The molecule has 0 bridgehead atoms. The maximum Gasteiger partial charge on any atom is 0.339 e. The Morgan fingerprint density at radius 1 is 1.08 bits per heavy atom. The van der Waals surface area contributed by atoms with Gasteiger partial charge in [-0.1, -0.05) is 67.3 Å². The van der Waals surface area contributed by atoms with Crippen molar-refractivity contribution in [3.8, 4) is 11.3 Å². The number of carbonyl (C=O) groups is 1. The molecule has 0 unspecified atom stereocenters. The van der Waals surface area contributed by atoms with Crippen LogP contribution in [0, 0.1) is 0 Å². The van der Waals surface area contributed by atoms with Gasteiger partial charge in [0.05, 0.1) is 28.9 Å². The standard InChI is InChI=1S/C22H22ClNO2/c1-26-22(25)17-13-12-16-18(14-8-4-2-5-9-14)20(24-21(16)19(17)23)15-10-6-3-7-11-15/h3,6-7,10-14,24H,2,4-5,8-9H2,1H3. The van der Waals surface area contributed by atoms with Crippen molar-refractivity contribution in [2.24, 2.45) is 0 Å². The van der Waals surface area contributed by atoms with E-state index in [1.807, 2.05) is 24.3 Å². The molecule has 1 aliphatic rings. The quantitative estimate of drug-likeness (QED) is 0.550. The molecule has 0 amide bonds. The highest BCUT2D eigenvalue weighted by Crippen LogP contribution is 2.44. The van der Waals surface area contributed by atoms with Gasteiger partial charge in [-0.15, -0.1) is 0 Å². The number of rotatable bonds is 3. The van der Waals surface area contributed by atoms with Crippen molar-refractivity contribution in [3.63, 3.8) is 0 Å². The third kappa shape index (κ3) is 2.90. The first-order valence-electron chi connectivity index (χ1n) is 9.18. The molecule has 1 aliphatic carbocycles. The molecule has 0 saturated heterocycles. The van der Waals surface area contributed by atoms with E-state index in [1.54, 1.807) is 6.07 Å². The summed E-state index contributed by atoms with van der Waals surface area (Å²) in [6.45, 7) is 0. The second kappa shape index (κ2) is 7.16. The highest BCUT2D eigenvalue weighted by molar-refractivity contribution is 6.38. The van der Waals surface area contributed by atoms with Crippen molar-refractivity contribution in [3.05, 3.63) is 58.6 Å². The summed E-state index contributed by atoms with van der Waals surface area (Å²) < 4.78 is 4.87. The Morgan fingerprint density at radius 3 is 2.50 bits per heavy atom. The van der Waals surface area contributed by atoms with Crippen LogP contribution in [0.4, 0.5) is 0 Å². The summed E-state index contributed by atoms with van der Waals surface area (Å²) in [5.74, 6) is 0.111. The number of hydrogen-bond acceptors (Lipinski definition) is 2. The number of esters is 1. The molecule has 134 valence electrons. The lowest BCUT2D eigenvalue weighted by molar-refractivity contribution is 0.0601. The lowest BCUT2D eigenvalue weighted by Crippen LogP contribution is -2.05. The van der Waals surface area contributed by atoms with E-state index >= 15 is 0 Å². The van der Waals surface area contributed by atoms with Crippen molar-refractivity contribution in [2.45, 2.75) is 38.0 Å². The number of aromatic amines is 1. The number of fused-ring (bicyclic) bond motifs is 1. The van der Waals surface area contributed by atoms with Crippen LogP contribution in [-0.4, -0.2) is 18.1 Å². The molecule has 3 aromatic rings. The third-order valence-corrected chi connectivity index (χ3v) is 5.83. The Labute approximate surface area is 158 Å². The Bertz CT molecular complexity index is 940. The highest BCUT2D eigenvalue weighted by atomic mass is 35.5. The molecular formula is C22H22ClNO2. The van der Waals surface area contributed by atoms with Crippen LogP contribution < -0.4 is 0 Å². The number of aromatic nitrogens is 1. The molecule has 4 heteroatoms. The molecule has 1 fully saturated rings. The van der Waals surface area contributed by atoms with Crippen molar-refractivity contribution in [2.75, 3.05) is 7.11 Å². The molecule has 1 N–H and O–H groups in total. The Kier molecular flexibility index (Phi) is 4.73. The van der Waals surface area contributed by atoms with Crippen LogP contribution >= 0.6 is 11.6 Å². The summed E-state index contributed by atoms with van der Waals surface area (Å²) >= 11 is 6.59. The minimum absolute atomic E-state index is 0.401. The van der Waals surface area contributed by atoms with Gasteiger partial charge in [0, 0.05) is 5.39 Å². The first kappa shape index (κ1) is 17.2. The topological polar surface area (TPSA) is 42.1 Å². The average Bonchev–Trinajstić information content (AvgIpc) is 3.09. The van der Waals surface area contributed by atoms with E-state index in [9.17, 15) is 4.79 Å². The maximum absolute atomic E-state index is 12.0. The predicted octanol–water partition coefficient (Wildman–Crippen LogP) is 6.32. The molecule has 1 aromatic heterocycles. The number of benzene rings is 2. The van der Waals surface area contributed by atoms with Gasteiger partial charge in [0.15, 0.2) is 0 Å². The fourth-order valence-electron chi connectivity index (χ4n) is 4.17. The second-order valence-electron chi connectivity index (χ2n) is 6.96. The monoisotopic (exact) mass is 367 g/mol. The molecule has 1 heterocycles. The van der Waals surface area contributed by atoms with Crippen molar-refractivity contribution >= 4 is 28.5 Å². The van der Waals surface area contributed by atoms with E-state index in [1.165, 1.54) is 44.8 Å². The molecule has 0 aliphatic heterocycles. The fourth-order valence-corrected chi connectivity index (χ4v) is 4.45. The first-order valence-corrected chi connectivity index (χ1v) is 9.56. The smallest absolute Gasteiger partial charge is 0.339 e. The highest BCUT2D eigenvalue weighted by Gasteiger charge is 2.26. The molecule has 0 radical (unpaired) electrons. The van der Waals surface area contributed by atoms with Gasteiger partial charge in [-0.3, -0.25) is 0 Å². The van der Waals surface area contributed by atoms with E-state index in [0.29, 0.717) is 16.5 Å². The summed E-state index contributed by atoms with van der Waals surface area (Å²) in [4.78, 5) is 15.5. The first-order chi connectivity index (χ1) is 12.7. The van der Waals surface area contributed by atoms with Crippen molar-refractivity contribution in [1.29, 1.82) is 0 Å². The molecule has 1 saturated carbocycles. The minimum Gasteiger partial charge on any atom is -0.465 e. The molecule has 26 heavy (non-hydrogen) atoms. The van der Waals surface area contributed by atoms with E-state index in [0.717, 1.165) is 22.2 Å². The number of carbonyl (C=O) groups excluding carboxylic acids is 1. The van der Waals surface area contributed by atoms with Crippen LogP contribution in [0.25, 0.3) is 22.2 Å². The second-order valence-corrected chi connectivity index (χ2v) is 7.33. The molecule has 2 aromatic carbocycles. The Balaban J connectivity index is 1.96. The molecule has 3 nitrogen and oxygen atoms in total. The maximum atomic E-state index is 12.0. The molecule has 0 spiro atoms. The number of methoxy groups -OCH3 is 1. The summed E-state index contributed by atoms with van der Waals surface area (Å²) in [5.41, 5.74) is 4.84. The van der Waals surface area contributed by atoms with E-state index < -0.39 is 5.97 Å². The van der Waals surface area contributed by atoms with Gasteiger partial charge in [-0.05, 0) is 36.0 Å². The zero-order valence-electron chi connectivity index (χ0n) is 14.8. The summed E-state index contributed by atoms with van der Waals surface area (Å²) in [7, 11) is 1.38. The number of H-pyrrole nitrogens is 1. The van der Waals surface area contributed by atoms with Crippen molar-refractivity contribution < 1.29 is 9.53 Å². The zero-order valence-corrected chi connectivity index (χ0v) is 15.6. The van der Waals surface area contributed by atoms with Gasteiger partial charge in [0.2, 0.25) is 0 Å². The third-order valence-electron chi connectivity index (χ3n) is 5.43. The molecule has 4 rings (SSSR count). The van der Waals surface area contributed by atoms with Crippen LogP contribution in [0.3, 0.4) is 0 Å². The Morgan fingerprint density at radius 2 is 1.81 bits per heavy atom. The minimum atomic E-state index is -0.410. The lowest BCUT2D eigenvalue weighted by Gasteiger charge is -2.23. The van der Waals surface area contributed by atoms with Gasteiger partial charge < -0.3 is 9.72 Å². The summed E-state index contributed by atoms with van der Waals surface area (Å²) in [6.07, 6.45) is 6.23. The van der Waals surface area contributed by atoms with Crippen LogP contribution in [-0.2, 0) is 4.74 Å². The molecule has 0 atom stereocenters. The number of ether oxygens (including phenoxy) is 1. The van der Waals surface area contributed by atoms with Crippen LogP contribution in [0.2, 0.25) is 5.02 Å². The molecular weight excluding hydrogens is 346 g/mol. The number of nitrogens with one attached hydrogen (secondary N) is 1.